The van der Waals surface area contributed by atoms with Crippen molar-refractivity contribution in [1.29, 1.82) is 0 Å². The van der Waals surface area contributed by atoms with Crippen LogP contribution in [0.1, 0.15) is 18.7 Å². The molecule has 0 bridgehead atoms. The molecule has 1 saturated carbocycles. The third-order valence-electron chi connectivity index (χ3n) is 2.95. The number of aromatic nitrogens is 2. The molecule has 2 heterocycles. The van der Waals surface area contributed by atoms with E-state index in [0.29, 0.717) is 17.1 Å². The molecule has 0 unspecified atom stereocenters. The number of nitrogens with one attached hydrogen (secondary N) is 1. The van der Waals surface area contributed by atoms with Crippen molar-refractivity contribution in [3.63, 3.8) is 0 Å². The molecule has 0 atom stereocenters. The Labute approximate surface area is 102 Å². The van der Waals surface area contributed by atoms with Gasteiger partial charge in [-0.1, -0.05) is 0 Å². The van der Waals surface area contributed by atoms with Gasteiger partial charge in [-0.2, -0.15) is 0 Å². The largest absolute Gasteiger partial charge is 0.370 e. The van der Waals surface area contributed by atoms with Gasteiger partial charge in [-0.25, -0.2) is 4.98 Å². The minimum atomic E-state index is -0.0890. The van der Waals surface area contributed by atoms with Gasteiger partial charge in [0.1, 0.15) is 17.1 Å². The lowest BCUT2D eigenvalue weighted by atomic mass is 9.90. The van der Waals surface area contributed by atoms with Gasteiger partial charge in [-0.3, -0.25) is 4.79 Å². The number of hydrogen-bond acceptors (Lipinski definition) is 5. The number of nitrogens with zero attached hydrogens (tertiary/aromatic N) is 1. The van der Waals surface area contributed by atoms with E-state index in [1.807, 2.05) is 11.4 Å². The fraction of sp³-hybridized carbons (Fsp3) is 0.455. The molecule has 0 saturated heterocycles. The van der Waals surface area contributed by atoms with E-state index in [9.17, 15) is 4.79 Å². The van der Waals surface area contributed by atoms with Crippen molar-refractivity contribution in [2.24, 2.45) is 5.73 Å². The monoisotopic (exact) mass is 251 g/mol. The molecule has 2 aromatic rings. The number of H-pyrrole nitrogens is 1. The van der Waals surface area contributed by atoms with Gasteiger partial charge in [0.2, 0.25) is 0 Å². The Morgan fingerprint density at radius 2 is 2.41 bits per heavy atom. The minimum Gasteiger partial charge on any atom is -0.370 e. The molecule has 1 aliphatic rings. The second-order valence-electron chi connectivity index (χ2n) is 4.31. The molecule has 0 aromatic carbocycles. The average Bonchev–Trinajstić information content (AvgIpc) is 2.71. The summed E-state index contributed by atoms with van der Waals surface area (Å²) >= 11 is 1.40. The van der Waals surface area contributed by atoms with E-state index in [2.05, 4.69) is 9.97 Å². The van der Waals surface area contributed by atoms with Crippen molar-refractivity contribution in [3.05, 3.63) is 27.6 Å². The smallest absolute Gasteiger partial charge is 0.268 e. The predicted octanol–water partition coefficient (Wildman–Crippen LogP) is 0.991. The van der Waals surface area contributed by atoms with E-state index in [1.165, 1.54) is 11.3 Å². The van der Waals surface area contributed by atoms with Crippen molar-refractivity contribution in [2.75, 3.05) is 0 Å². The fourth-order valence-corrected chi connectivity index (χ4v) is 2.65. The number of nitrogens with two attached hydrogens (primary N) is 1. The number of thiophene rings is 1. The van der Waals surface area contributed by atoms with Crippen LogP contribution in [-0.4, -0.2) is 22.1 Å². The lowest BCUT2D eigenvalue weighted by Crippen LogP contribution is -2.41. The lowest BCUT2D eigenvalue weighted by molar-refractivity contribution is -0.0215. The average molecular weight is 251 g/mol. The van der Waals surface area contributed by atoms with E-state index >= 15 is 0 Å². The second kappa shape index (κ2) is 4.21. The highest BCUT2D eigenvalue weighted by molar-refractivity contribution is 7.17. The molecule has 3 rings (SSSR count). The maximum atomic E-state index is 11.7. The summed E-state index contributed by atoms with van der Waals surface area (Å²) in [5, 5.41) is 1.86. The molecule has 0 aliphatic heterocycles. The van der Waals surface area contributed by atoms with Crippen LogP contribution in [0.2, 0.25) is 0 Å². The molecule has 1 fully saturated rings. The molecule has 1 aliphatic carbocycles. The van der Waals surface area contributed by atoms with Crippen LogP contribution in [-0.2, 0) is 11.3 Å². The van der Waals surface area contributed by atoms with E-state index in [4.69, 9.17) is 10.5 Å². The van der Waals surface area contributed by atoms with E-state index in [0.717, 1.165) is 18.4 Å². The topological polar surface area (TPSA) is 81.0 Å². The zero-order valence-electron chi connectivity index (χ0n) is 9.18. The molecule has 0 amide bonds. The molecular formula is C11H13N3O2S. The number of rotatable bonds is 3. The van der Waals surface area contributed by atoms with Crippen LogP contribution < -0.4 is 11.3 Å². The Balaban J connectivity index is 1.74. The van der Waals surface area contributed by atoms with E-state index < -0.39 is 0 Å². The Bertz CT molecular complexity index is 586. The molecule has 2 aromatic heterocycles. The van der Waals surface area contributed by atoms with Crippen molar-refractivity contribution < 1.29 is 4.74 Å². The first kappa shape index (κ1) is 10.9. The van der Waals surface area contributed by atoms with Gasteiger partial charge in [0, 0.05) is 6.04 Å². The normalized spacial score (nSPS) is 23.8. The Morgan fingerprint density at radius 3 is 3.18 bits per heavy atom. The number of fused-ring (bicyclic) bond motifs is 1. The summed E-state index contributed by atoms with van der Waals surface area (Å²) in [4.78, 5) is 18.8. The van der Waals surface area contributed by atoms with Crippen molar-refractivity contribution in [3.8, 4) is 0 Å². The van der Waals surface area contributed by atoms with Gasteiger partial charge in [0.05, 0.1) is 11.6 Å². The maximum Gasteiger partial charge on any atom is 0.268 e. The highest BCUT2D eigenvalue weighted by Crippen LogP contribution is 2.22. The first-order valence-corrected chi connectivity index (χ1v) is 6.44. The lowest BCUT2D eigenvalue weighted by Gasteiger charge is -2.31. The molecule has 17 heavy (non-hydrogen) atoms. The first-order chi connectivity index (χ1) is 8.22. The highest BCUT2D eigenvalue weighted by atomic mass is 32.1. The van der Waals surface area contributed by atoms with Crippen LogP contribution in [0.3, 0.4) is 0 Å². The van der Waals surface area contributed by atoms with Crippen LogP contribution in [0, 0.1) is 0 Å². The molecule has 6 heteroatoms. The quantitative estimate of drug-likeness (QED) is 0.852. The van der Waals surface area contributed by atoms with Crippen molar-refractivity contribution in [2.45, 2.75) is 31.6 Å². The van der Waals surface area contributed by atoms with Gasteiger partial charge >= 0.3 is 0 Å². The zero-order valence-corrected chi connectivity index (χ0v) is 10.00. The zero-order chi connectivity index (χ0) is 11.8. The van der Waals surface area contributed by atoms with Crippen molar-refractivity contribution >= 4 is 21.6 Å². The number of hydrogen-bond donors (Lipinski definition) is 2. The Morgan fingerprint density at radius 1 is 1.59 bits per heavy atom. The SMILES string of the molecule is NC1CC(OCc2nc3ccsc3c(=O)[nH]2)C1. The number of ether oxygens (including phenoxy) is 1. The number of aromatic amines is 1. The third-order valence-corrected chi connectivity index (χ3v) is 3.85. The molecular weight excluding hydrogens is 238 g/mol. The van der Waals surface area contributed by atoms with Crippen LogP contribution >= 0.6 is 11.3 Å². The summed E-state index contributed by atoms with van der Waals surface area (Å²) < 4.78 is 6.27. The van der Waals surface area contributed by atoms with Crippen LogP contribution in [0.5, 0.6) is 0 Å². The summed E-state index contributed by atoms with van der Waals surface area (Å²) in [6, 6.07) is 2.12. The minimum absolute atomic E-state index is 0.0890. The highest BCUT2D eigenvalue weighted by Gasteiger charge is 2.26. The Hall–Kier alpha value is -1.24. The molecule has 0 spiro atoms. The summed E-state index contributed by atoms with van der Waals surface area (Å²) in [6.07, 6.45) is 2.00. The molecule has 5 nitrogen and oxygen atoms in total. The van der Waals surface area contributed by atoms with Crippen LogP contribution in [0.25, 0.3) is 10.2 Å². The molecule has 3 N–H and O–H groups in total. The van der Waals surface area contributed by atoms with Gasteiger partial charge in [-0.05, 0) is 24.3 Å². The maximum absolute atomic E-state index is 11.7. The summed E-state index contributed by atoms with van der Waals surface area (Å²) in [7, 11) is 0. The van der Waals surface area contributed by atoms with Gasteiger partial charge in [-0.15, -0.1) is 11.3 Å². The fourth-order valence-electron chi connectivity index (χ4n) is 1.93. The van der Waals surface area contributed by atoms with E-state index in [-0.39, 0.29) is 17.7 Å². The summed E-state index contributed by atoms with van der Waals surface area (Å²) in [5.74, 6) is 0.585. The molecule has 90 valence electrons. The van der Waals surface area contributed by atoms with Gasteiger partial charge in [0.15, 0.2) is 0 Å². The van der Waals surface area contributed by atoms with Gasteiger partial charge < -0.3 is 15.5 Å². The van der Waals surface area contributed by atoms with Crippen LogP contribution in [0.15, 0.2) is 16.2 Å². The second-order valence-corrected chi connectivity index (χ2v) is 5.23. The van der Waals surface area contributed by atoms with Crippen LogP contribution in [0.4, 0.5) is 0 Å². The summed E-state index contributed by atoms with van der Waals surface area (Å²) in [5.41, 5.74) is 6.32. The standard InChI is InChI=1S/C11H13N3O2S/c12-6-3-7(4-6)16-5-9-13-8-1-2-17-10(8)11(15)14-9/h1-2,6-7H,3-5,12H2,(H,13,14,15). The van der Waals surface area contributed by atoms with Gasteiger partial charge in [0.25, 0.3) is 5.56 Å². The third kappa shape index (κ3) is 2.11. The Kier molecular flexibility index (Phi) is 2.70. The summed E-state index contributed by atoms with van der Waals surface area (Å²) in [6.45, 7) is 0.346. The molecule has 0 radical (unpaired) electrons. The van der Waals surface area contributed by atoms with Crippen molar-refractivity contribution in [1.82, 2.24) is 9.97 Å². The first-order valence-electron chi connectivity index (χ1n) is 5.56. The predicted molar refractivity (Wildman–Crippen MR) is 66.0 cm³/mol. The van der Waals surface area contributed by atoms with E-state index in [1.54, 1.807) is 0 Å².